The van der Waals surface area contributed by atoms with Crippen molar-refractivity contribution < 1.29 is 50.3 Å². The van der Waals surface area contributed by atoms with Gasteiger partial charge in [0.05, 0.1) is 17.8 Å². The summed E-state index contributed by atoms with van der Waals surface area (Å²) < 4.78 is 97.0. The van der Waals surface area contributed by atoms with E-state index in [9.17, 15) is 45.1 Å². The maximum absolute atomic E-state index is 14.5. The Hall–Kier alpha value is -4.15. The number of hydrogen-bond acceptors (Lipinski definition) is 7. The Kier molecular flexibility index (Phi) is 9.09. The predicted molar refractivity (Wildman–Crippen MR) is 147 cm³/mol. The molecule has 1 saturated heterocycles. The first-order valence-corrected chi connectivity index (χ1v) is 15.4. The largest absolute Gasteiger partial charge is 0.507 e. The maximum atomic E-state index is 14.5. The molecular formula is C29H27F5N4O6S. The van der Waals surface area contributed by atoms with Crippen LogP contribution in [0, 0.1) is 29.1 Å². The summed E-state index contributed by atoms with van der Waals surface area (Å²) >= 11 is 0. The van der Waals surface area contributed by atoms with Crippen molar-refractivity contribution in [2.45, 2.75) is 61.9 Å². The zero-order valence-electron chi connectivity index (χ0n) is 23.4. The standard InChI is InChI=1S/C29H27F5N4O6S/c30-22-23(31)25(33)27(26(34)24(22)32)45(43,44)38-11-10-20(38)29(41)37(18-8-9-19(21(39)12-18)28(40)36-42)14-17-7-6-16(13-35-17)15-4-2-1-3-5-15/h6-9,12-13,15,20,39,42H,1-5,10-11,14H2,(H,36,40). The molecule has 1 atom stereocenters. The highest BCUT2D eigenvalue weighted by Crippen LogP contribution is 2.36. The number of carbonyl (C=O) groups is 2. The molecule has 2 heterocycles. The highest BCUT2D eigenvalue weighted by molar-refractivity contribution is 7.89. The van der Waals surface area contributed by atoms with Crippen molar-refractivity contribution in [2.24, 2.45) is 0 Å². The van der Waals surface area contributed by atoms with Gasteiger partial charge in [0.25, 0.3) is 5.91 Å². The molecule has 1 aliphatic heterocycles. The topological polar surface area (TPSA) is 140 Å². The molecule has 3 N–H and O–H groups in total. The number of nitrogens with zero attached hydrogens (tertiary/aromatic N) is 3. The number of hydrogen-bond donors (Lipinski definition) is 3. The van der Waals surface area contributed by atoms with E-state index in [1.54, 1.807) is 12.3 Å². The molecule has 2 aromatic carbocycles. The molecule has 45 heavy (non-hydrogen) atoms. The van der Waals surface area contributed by atoms with Crippen LogP contribution in [0.2, 0.25) is 0 Å². The van der Waals surface area contributed by atoms with Gasteiger partial charge in [0.2, 0.25) is 21.7 Å². The molecule has 0 spiro atoms. The van der Waals surface area contributed by atoms with Gasteiger partial charge in [0.1, 0.15) is 11.8 Å². The molecule has 1 unspecified atom stereocenters. The highest BCUT2D eigenvalue weighted by Gasteiger charge is 2.48. The lowest BCUT2D eigenvalue weighted by atomic mass is 9.85. The Labute approximate surface area is 254 Å². The van der Waals surface area contributed by atoms with Crippen LogP contribution < -0.4 is 10.4 Å². The van der Waals surface area contributed by atoms with Gasteiger partial charge in [-0.25, -0.2) is 35.8 Å². The van der Waals surface area contributed by atoms with Gasteiger partial charge in [-0.3, -0.25) is 19.8 Å². The fourth-order valence-corrected chi connectivity index (χ4v) is 7.35. The summed E-state index contributed by atoms with van der Waals surface area (Å²) in [5, 5.41) is 19.4. The van der Waals surface area contributed by atoms with Gasteiger partial charge in [-0.15, -0.1) is 0 Å². The number of carbonyl (C=O) groups excluding carboxylic acids is 2. The van der Waals surface area contributed by atoms with Crippen LogP contribution in [0.15, 0.2) is 41.4 Å². The first-order valence-electron chi connectivity index (χ1n) is 13.9. The van der Waals surface area contributed by atoms with Gasteiger partial charge >= 0.3 is 0 Å². The van der Waals surface area contributed by atoms with Gasteiger partial charge in [0, 0.05) is 24.5 Å². The van der Waals surface area contributed by atoms with Crippen LogP contribution in [0.25, 0.3) is 0 Å². The number of nitrogens with one attached hydrogen (secondary N) is 1. The Morgan fingerprint density at radius 1 is 0.933 bits per heavy atom. The molecule has 0 radical (unpaired) electrons. The normalized spacial score (nSPS) is 17.5. The van der Waals surface area contributed by atoms with Crippen molar-refractivity contribution in [3.8, 4) is 5.75 Å². The van der Waals surface area contributed by atoms with Crippen LogP contribution in [0.4, 0.5) is 27.6 Å². The van der Waals surface area contributed by atoms with E-state index in [1.807, 2.05) is 6.07 Å². The Morgan fingerprint density at radius 3 is 2.11 bits per heavy atom. The smallest absolute Gasteiger partial charge is 0.278 e. The molecule has 1 aliphatic carbocycles. The van der Waals surface area contributed by atoms with Crippen molar-refractivity contribution in [1.29, 1.82) is 0 Å². The van der Waals surface area contributed by atoms with E-state index in [2.05, 4.69) is 4.98 Å². The summed E-state index contributed by atoms with van der Waals surface area (Å²) in [5.74, 6) is -14.9. The average molecular weight is 655 g/mol. The van der Waals surface area contributed by atoms with Crippen LogP contribution in [0.3, 0.4) is 0 Å². The van der Waals surface area contributed by atoms with Crippen molar-refractivity contribution in [2.75, 3.05) is 11.4 Å². The number of phenols is 1. The predicted octanol–water partition coefficient (Wildman–Crippen LogP) is 4.65. The lowest BCUT2D eigenvalue weighted by molar-refractivity contribution is -0.125. The van der Waals surface area contributed by atoms with Gasteiger partial charge < -0.3 is 10.0 Å². The molecule has 16 heteroatoms. The number of hydroxylamine groups is 1. The monoisotopic (exact) mass is 654 g/mol. The number of rotatable bonds is 8. The number of pyridine rings is 1. The molecule has 2 amide bonds. The zero-order valence-corrected chi connectivity index (χ0v) is 24.3. The second-order valence-corrected chi connectivity index (χ2v) is 12.6. The average Bonchev–Trinajstić information content (AvgIpc) is 3.01. The minimum atomic E-state index is -5.41. The molecule has 1 aromatic heterocycles. The van der Waals surface area contributed by atoms with E-state index < -0.39 is 74.2 Å². The number of amides is 2. The van der Waals surface area contributed by atoms with Crippen LogP contribution in [-0.2, 0) is 21.4 Å². The van der Waals surface area contributed by atoms with Crippen molar-refractivity contribution in [1.82, 2.24) is 14.8 Å². The minimum Gasteiger partial charge on any atom is -0.507 e. The Balaban J connectivity index is 1.49. The summed E-state index contributed by atoms with van der Waals surface area (Å²) in [6.07, 6.45) is 6.85. The van der Waals surface area contributed by atoms with E-state index in [1.165, 1.54) is 11.5 Å². The number of aromatic hydroxyl groups is 1. The summed E-state index contributed by atoms with van der Waals surface area (Å²) in [6, 6.07) is 5.20. The van der Waals surface area contributed by atoms with Crippen LogP contribution >= 0.6 is 0 Å². The first kappa shape index (κ1) is 32.2. The summed E-state index contributed by atoms with van der Waals surface area (Å²) in [5.41, 5.74) is 2.30. The van der Waals surface area contributed by atoms with E-state index in [-0.39, 0.29) is 24.2 Å². The third-order valence-electron chi connectivity index (χ3n) is 8.14. The van der Waals surface area contributed by atoms with Crippen molar-refractivity contribution in [3.63, 3.8) is 0 Å². The number of sulfonamides is 1. The van der Waals surface area contributed by atoms with Crippen molar-refractivity contribution in [3.05, 3.63) is 82.4 Å². The van der Waals surface area contributed by atoms with Crippen LogP contribution in [0.1, 0.15) is 66.1 Å². The maximum Gasteiger partial charge on any atom is 0.278 e. The van der Waals surface area contributed by atoms with Gasteiger partial charge in [-0.05, 0) is 48.9 Å². The SMILES string of the molecule is O=C(NO)c1ccc(N(Cc2ccc(C3CCCCC3)cn2)C(=O)C2CCN2S(=O)(=O)c2c(F)c(F)c(F)c(F)c2F)cc1O. The fraction of sp³-hybridized carbons (Fsp3) is 0.345. The number of benzene rings is 2. The quantitative estimate of drug-likeness (QED) is 0.106. The molecule has 2 fully saturated rings. The molecule has 0 bridgehead atoms. The number of halogens is 5. The number of aromatic nitrogens is 1. The lowest BCUT2D eigenvalue weighted by Gasteiger charge is -2.41. The fourth-order valence-electron chi connectivity index (χ4n) is 5.61. The molecule has 2 aliphatic rings. The minimum absolute atomic E-state index is 0.0503. The van der Waals surface area contributed by atoms with E-state index in [0.717, 1.165) is 54.7 Å². The number of anilines is 1. The van der Waals surface area contributed by atoms with Gasteiger partial charge in [0.15, 0.2) is 28.2 Å². The molecule has 1 saturated carbocycles. The summed E-state index contributed by atoms with van der Waals surface area (Å²) in [6.45, 7) is -0.761. The Morgan fingerprint density at radius 2 is 1.58 bits per heavy atom. The molecular weight excluding hydrogens is 627 g/mol. The van der Waals surface area contributed by atoms with Gasteiger partial charge in [-0.2, -0.15) is 4.31 Å². The third-order valence-corrected chi connectivity index (χ3v) is 10.1. The molecule has 3 aromatic rings. The first-order chi connectivity index (χ1) is 21.4. The molecule has 5 rings (SSSR count). The number of phenolic OH excluding ortho intramolecular Hbond substituents is 1. The second kappa shape index (κ2) is 12.7. The van der Waals surface area contributed by atoms with Crippen molar-refractivity contribution >= 4 is 27.5 Å². The highest BCUT2D eigenvalue weighted by atomic mass is 32.2. The molecule has 240 valence electrons. The van der Waals surface area contributed by atoms with Crippen LogP contribution in [-0.4, -0.2) is 52.4 Å². The molecule has 10 nitrogen and oxygen atoms in total. The summed E-state index contributed by atoms with van der Waals surface area (Å²) in [7, 11) is -5.41. The third kappa shape index (κ3) is 5.96. The van der Waals surface area contributed by atoms with E-state index in [0.29, 0.717) is 15.9 Å². The Bertz CT molecular complexity index is 1720. The van der Waals surface area contributed by atoms with E-state index >= 15 is 0 Å². The second-order valence-electron chi connectivity index (χ2n) is 10.8. The summed E-state index contributed by atoms with van der Waals surface area (Å²) in [4.78, 5) is 29.1. The van der Waals surface area contributed by atoms with Crippen LogP contribution in [0.5, 0.6) is 5.75 Å². The zero-order chi connectivity index (χ0) is 32.6. The van der Waals surface area contributed by atoms with E-state index in [4.69, 9.17) is 5.21 Å². The lowest BCUT2D eigenvalue weighted by Crippen LogP contribution is -2.59. The van der Waals surface area contributed by atoms with Gasteiger partial charge in [-0.1, -0.05) is 25.3 Å².